The van der Waals surface area contributed by atoms with Crippen LogP contribution in [0.3, 0.4) is 0 Å². The maximum atomic E-state index is 2.52. The Morgan fingerprint density at radius 2 is 0.636 bits per heavy atom. The second-order valence-corrected chi connectivity index (χ2v) is 16.2. The van der Waals surface area contributed by atoms with E-state index in [0.717, 1.165) is 17.1 Å². The van der Waals surface area contributed by atoms with Gasteiger partial charge in [0.15, 0.2) is 0 Å². The molecule has 0 saturated carbocycles. The molecule has 55 heavy (non-hydrogen) atoms. The Hall–Kier alpha value is -6.44. The lowest BCUT2D eigenvalue weighted by Gasteiger charge is -2.28. The van der Waals surface area contributed by atoms with Crippen molar-refractivity contribution in [3.05, 3.63) is 210 Å². The summed E-state index contributed by atoms with van der Waals surface area (Å²) in [6, 6.07) is 69.3. The lowest BCUT2D eigenvalue weighted by molar-refractivity contribution is 0.652. The minimum absolute atomic E-state index is 0.0869. The molecule has 0 saturated heterocycles. The molecule has 1 heteroatoms. The van der Waals surface area contributed by atoms with Gasteiger partial charge in [-0.15, -0.1) is 0 Å². The van der Waals surface area contributed by atoms with Gasteiger partial charge in [-0.05, 0) is 132 Å². The van der Waals surface area contributed by atoms with Gasteiger partial charge in [-0.3, -0.25) is 0 Å². The highest BCUT2D eigenvalue weighted by Gasteiger charge is 2.42. The molecule has 0 fully saturated rings. The first-order valence-corrected chi connectivity index (χ1v) is 19.4. The van der Waals surface area contributed by atoms with E-state index in [1.807, 2.05) is 0 Å². The number of hydrogen-bond donors (Lipinski definition) is 0. The Morgan fingerprint density at radius 3 is 1.15 bits per heavy atom. The fraction of sp³-hybridized carbons (Fsp3) is 0.111. The van der Waals surface area contributed by atoms with E-state index in [0.29, 0.717) is 0 Å². The van der Waals surface area contributed by atoms with Gasteiger partial charge >= 0.3 is 0 Å². The largest absolute Gasteiger partial charge is 0.310 e. The highest BCUT2D eigenvalue weighted by molar-refractivity contribution is 5.92. The average Bonchev–Trinajstić information content (AvgIpc) is 3.60. The van der Waals surface area contributed by atoms with E-state index in [9.17, 15) is 0 Å². The van der Waals surface area contributed by atoms with Gasteiger partial charge in [0.2, 0.25) is 0 Å². The minimum Gasteiger partial charge on any atom is -0.310 e. The topological polar surface area (TPSA) is 3.24 Å². The van der Waals surface area contributed by atoms with Crippen LogP contribution >= 0.6 is 0 Å². The van der Waals surface area contributed by atoms with Crippen molar-refractivity contribution >= 4 is 17.1 Å². The van der Waals surface area contributed by atoms with Crippen molar-refractivity contribution in [2.45, 2.75) is 38.5 Å². The van der Waals surface area contributed by atoms with Crippen molar-refractivity contribution in [2.24, 2.45) is 0 Å². The molecule has 0 aliphatic heterocycles. The van der Waals surface area contributed by atoms with Gasteiger partial charge in [-0.2, -0.15) is 0 Å². The van der Waals surface area contributed by atoms with Crippen molar-refractivity contribution in [1.82, 2.24) is 0 Å². The van der Waals surface area contributed by atoms with Crippen molar-refractivity contribution in [1.29, 1.82) is 0 Å². The maximum Gasteiger partial charge on any atom is 0.0465 e. The number of hydrogen-bond acceptors (Lipinski definition) is 1. The molecule has 0 bridgehead atoms. The van der Waals surface area contributed by atoms with E-state index in [1.165, 1.54) is 77.9 Å². The quantitative estimate of drug-likeness (QED) is 0.166. The number of rotatable bonds is 6. The smallest absolute Gasteiger partial charge is 0.0465 e. The van der Waals surface area contributed by atoms with E-state index in [-0.39, 0.29) is 10.8 Å². The van der Waals surface area contributed by atoms with Crippen LogP contribution in [0.2, 0.25) is 0 Å². The van der Waals surface area contributed by atoms with Crippen LogP contribution in [0.5, 0.6) is 0 Å². The summed E-state index contributed by atoms with van der Waals surface area (Å²) < 4.78 is 0. The van der Waals surface area contributed by atoms with Crippen LogP contribution in [-0.2, 0) is 10.8 Å². The third kappa shape index (κ3) is 5.37. The van der Waals surface area contributed by atoms with Crippen molar-refractivity contribution < 1.29 is 0 Å². The summed E-state index contributed by atoms with van der Waals surface area (Å²) in [4.78, 5) is 2.41. The molecule has 0 N–H and O–H groups in total. The monoisotopic (exact) mass is 705 g/mol. The summed E-state index contributed by atoms with van der Waals surface area (Å²) in [5.41, 5.74) is 21.6. The first-order chi connectivity index (χ1) is 26.8. The van der Waals surface area contributed by atoms with Crippen LogP contribution in [0.4, 0.5) is 17.1 Å². The normalized spacial score (nSPS) is 14.1. The standard InChI is InChI=1S/C54H43N/c1-53(2)49-31-24-41(38-18-12-7-13-19-38)32-46(49)48-35-51-47(34-52(48)53)45-30-29-44(33-50(45)54(51,3)4)55(42-25-20-39(21-26-42)36-14-8-5-9-15-36)43-27-22-40(23-28-43)37-16-10-6-11-17-37/h5-35H,1-4H3. The molecule has 8 aromatic carbocycles. The van der Waals surface area contributed by atoms with Crippen molar-refractivity contribution in [3.8, 4) is 55.6 Å². The highest BCUT2D eigenvalue weighted by atomic mass is 15.1. The zero-order valence-electron chi connectivity index (χ0n) is 31.8. The Labute approximate surface area is 325 Å². The molecule has 8 aromatic rings. The predicted octanol–water partition coefficient (Wildman–Crippen LogP) is 14.8. The van der Waals surface area contributed by atoms with E-state index in [1.54, 1.807) is 0 Å². The lowest BCUT2D eigenvalue weighted by atomic mass is 9.79. The molecule has 0 atom stereocenters. The summed E-state index contributed by atoms with van der Waals surface area (Å²) in [6.07, 6.45) is 0. The van der Waals surface area contributed by atoms with Gasteiger partial charge in [0.1, 0.15) is 0 Å². The molecule has 0 amide bonds. The minimum atomic E-state index is -0.181. The Bertz CT molecular complexity index is 2620. The maximum absolute atomic E-state index is 2.52. The second-order valence-electron chi connectivity index (χ2n) is 16.2. The van der Waals surface area contributed by atoms with Gasteiger partial charge in [0.05, 0.1) is 0 Å². The summed E-state index contributed by atoms with van der Waals surface area (Å²) in [5.74, 6) is 0. The van der Waals surface area contributed by atoms with E-state index in [2.05, 4.69) is 221 Å². The first-order valence-electron chi connectivity index (χ1n) is 19.4. The van der Waals surface area contributed by atoms with E-state index >= 15 is 0 Å². The number of benzene rings is 8. The van der Waals surface area contributed by atoms with Gasteiger partial charge < -0.3 is 4.90 Å². The zero-order chi connectivity index (χ0) is 37.3. The number of anilines is 3. The van der Waals surface area contributed by atoms with Gasteiger partial charge in [0.25, 0.3) is 0 Å². The Balaban J connectivity index is 1.08. The van der Waals surface area contributed by atoms with Crippen molar-refractivity contribution in [3.63, 3.8) is 0 Å². The molecule has 0 spiro atoms. The molecule has 0 unspecified atom stereocenters. The van der Waals surface area contributed by atoms with Crippen LogP contribution < -0.4 is 4.90 Å². The van der Waals surface area contributed by atoms with Gasteiger partial charge in [-0.1, -0.05) is 161 Å². The summed E-state index contributed by atoms with van der Waals surface area (Å²) >= 11 is 0. The Morgan fingerprint density at radius 1 is 0.273 bits per heavy atom. The van der Waals surface area contributed by atoms with Crippen LogP contribution in [-0.4, -0.2) is 0 Å². The predicted molar refractivity (Wildman–Crippen MR) is 233 cm³/mol. The van der Waals surface area contributed by atoms with E-state index in [4.69, 9.17) is 0 Å². The van der Waals surface area contributed by atoms with E-state index < -0.39 is 0 Å². The molecule has 1 nitrogen and oxygen atoms in total. The SMILES string of the molecule is CC1(C)c2ccc(-c3ccccc3)cc2-c2cc3c(cc21)-c1ccc(N(c2ccc(-c4ccccc4)cc2)c2ccc(-c4ccccc4)cc2)cc1C3(C)C. The second kappa shape index (κ2) is 12.6. The summed E-state index contributed by atoms with van der Waals surface area (Å²) in [7, 11) is 0. The third-order valence-corrected chi connectivity index (χ3v) is 12.3. The molecule has 264 valence electrons. The zero-order valence-corrected chi connectivity index (χ0v) is 31.8. The average molecular weight is 706 g/mol. The number of nitrogens with zero attached hydrogens (tertiary/aromatic N) is 1. The number of fused-ring (bicyclic) bond motifs is 6. The summed E-state index contributed by atoms with van der Waals surface area (Å²) in [5, 5.41) is 0. The fourth-order valence-electron chi connectivity index (χ4n) is 9.23. The molecule has 2 aliphatic carbocycles. The van der Waals surface area contributed by atoms with Crippen LogP contribution in [0.15, 0.2) is 188 Å². The van der Waals surface area contributed by atoms with Gasteiger partial charge in [0, 0.05) is 27.9 Å². The first kappa shape index (κ1) is 33.2. The highest BCUT2D eigenvalue weighted by Crippen LogP contribution is 2.57. The van der Waals surface area contributed by atoms with Crippen LogP contribution in [0, 0.1) is 0 Å². The summed E-state index contributed by atoms with van der Waals surface area (Å²) in [6.45, 7) is 9.59. The molecule has 10 rings (SSSR count). The van der Waals surface area contributed by atoms with Gasteiger partial charge in [-0.25, -0.2) is 0 Å². The lowest BCUT2D eigenvalue weighted by Crippen LogP contribution is -2.17. The molecular weight excluding hydrogens is 663 g/mol. The molecular formula is C54H43N. The molecule has 0 radical (unpaired) electrons. The van der Waals surface area contributed by atoms with Crippen LogP contribution in [0.1, 0.15) is 49.9 Å². The molecule has 0 heterocycles. The van der Waals surface area contributed by atoms with Crippen molar-refractivity contribution in [2.75, 3.05) is 4.90 Å². The fourth-order valence-corrected chi connectivity index (χ4v) is 9.23. The Kier molecular flexibility index (Phi) is 7.58. The van der Waals surface area contributed by atoms with Crippen LogP contribution in [0.25, 0.3) is 55.6 Å². The molecule has 0 aromatic heterocycles. The third-order valence-electron chi connectivity index (χ3n) is 12.3. The molecule has 2 aliphatic rings.